The molecule has 124 valence electrons. The fourth-order valence-corrected chi connectivity index (χ4v) is 2.29. The summed E-state index contributed by atoms with van der Waals surface area (Å²) in [6, 6.07) is 3.67. The number of rotatable bonds is 7. The van der Waals surface area contributed by atoms with Crippen LogP contribution >= 0.6 is 0 Å². The highest BCUT2D eigenvalue weighted by atomic mass is 16.5. The van der Waals surface area contributed by atoms with Crippen LogP contribution in [-0.2, 0) is 17.8 Å². The van der Waals surface area contributed by atoms with Gasteiger partial charge in [0.2, 0.25) is 17.6 Å². The fourth-order valence-electron chi connectivity index (χ4n) is 2.29. The Balaban J connectivity index is 1.47. The molecule has 8 nitrogen and oxygen atoms in total. The van der Waals surface area contributed by atoms with Crippen molar-refractivity contribution in [3.63, 3.8) is 0 Å². The Morgan fingerprint density at radius 1 is 1.38 bits per heavy atom. The van der Waals surface area contributed by atoms with Crippen molar-refractivity contribution >= 4 is 5.91 Å². The molecule has 0 radical (unpaired) electrons. The number of hydrogen-bond donors (Lipinski definition) is 1. The SMILES string of the molecule is C[C@@H](Cn1ccnc1)NC(=O)CCc1nc(-c2cccnc2)no1. The van der Waals surface area contributed by atoms with Gasteiger partial charge in [-0.2, -0.15) is 4.98 Å². The number of pyridine rings is 1. The van der Waals surface area contributed by atoms with Crippen LogP contribution in [0.2, 0.25) is 0 Å². The van der Waals surface area contributed by atoms with Crippen LogP contribution in [0.5, 0.6) is 0 Å². The third-order valence-corrected chi connectivity index (χ3v) is 3.41. The van der Waals surface area contributed by atoms with E-state index in [9.17, 15) is 4.79 Å². The topological polar surface area (TPSA) is 98.7 Å². The number of carbonyl (C=O) groups excluding carboxylic acids is 1. The number of aryl methyl sites for hydroxylation is 1. The van der Waals surface area contributed by atoms with Gasteiger partial charge in [-0.3, -0.25) is 9.78 Å². The molecule has 3 aromatic heterocycles. The minimum atomic E-state index is -0.0521. The summed E-state index contributed by atoms with van der Waals surface area (Å²) in [4.78, 5) is 24.3. The normalized spacial score (nSPS) is 12.0. The second-order valence-corrected chi connectivity index (χ2v) is 5.48. The fraction of sp³-hybridized carbons (Fsp3) is 0.312. The van der Waals surface area contributed by atoms with Gasteiger partial charge in [-0.25, -0.2) is 4.98 Å². The molecule has 0 aliphatic heterocycles. The first-order valence-electron chi connectivity index (χ1n) is 7.69. The zero-order valence-corrected chi connectivity index (χ0v) is 13.3. The zero-order chi connectivity index (χ0) is 16.8. The largest absolute Gasteiger partial charge is 0.352 e. The summed E-state index contributed by atoms with van der Waals surface area (Å²) in [7, 11) is 0. The van der Waals surface area contributed by atoms with Crippen LogP contribution in [0.15, 0.2) is 47.8 Å². The van der Waals surface area contributed by atoms with E-state index in [0.29, 0.717) is 31.1 Å². The van der Waals surface area contributed by atoms with Gasteiger partial charge in [-0.15, -0.1) is 0 Å². The number of nitrogens with zero attached hydrogens (tertiary/aromatic N) is 5. The zero-order valence-electron chi connectivity index (χ0n) is 13.3. The molecule has 3 rings (SSSR count). The standard InChI is InChI=1S/C16H18N6O2/c1-12(10-22-8-7-18-11-22)19-14(23)4-5-15-20-16(21-24-15)13-3-2-6-17-9-13/h2-3,6-9,11-12H,4-5,10H2,1H3,(H,19,23)/t12-/m0/s1. The van der Waals surface area contributed by atoms with E-state index < -0.39 is 0 Å². The molecule has 0 bridgehead atoms. The van der Waals surface area contributed by atoms with Gasteiger partial charge in [0, 0.05) is 55.8 Å². The molecular formula is C16H18N6O2. The van der Waals surface area contributed by atoms with Gasteiger partial charge in [-0.05, 0) is 19.1 Å². The lowest BCUT2D eigenvalue weighted by atomic mass is 10.2. The molecule has 3 heterocycles. The average Bonchev–Trinajstić information content (AvgIpc) is 3.25. The van der Waals surface area contributed by atoms with Crippen LogP contribution in [-0.4, -0.2) is 36.6 Å². The predicted molar refractivity (Wildman–Crippen MR) is 85.7 cm³/mol. The Labute approximate surface area is 138 Å². The Hall–Kier alpha value is -3.03. The van der Waals surface area contributed by atoms with Gasteiger partial charge >= 0.3 is 0 Å². The summed E-state index contributed by atoms with van der Waals surface area (Å²) >= 11 is 0. The Morgan fingerprint density at radius 2 is 2.29 bits per heavy atom. The first-order valence-corrected chi connectivity index (χ1v) is 7.69. The quantitative estimate of drug-likeness (QED) is 0.706. The maximum Gasteiger partial charge on any atom is 0.227 e. The van der Waals surface area contributed by atoms with Crippen molar-refractivity contribution in [2.24, 2.45) is 0 Å². The number of amides is 1. The molecule has 0 spiro atoms. The number of carbonyl (C=O) groups is 1. The van der Waals surface area contributed by atoms with E-state index >= 15 is 0 Å². The van der Waals surface area contributed by atoms with E-state index in [0.717, 1.165) is 5.56 Å². The van der Waals surface area contributed by atoms with Crippen LogP contribution in [0.1, 0.15) is 19.2 Å². The highest BCUT2D eigenvalue weighted by molar-refractivity contribution is 5.76. The smallest absolute Gasteiger partial charge is 0.227 e. The molecule has 0 saturated carbocycles. The summed E-state index contributed by atoms with van der Waals surface area (Å²) in [5, 5.41) is 6.85. The van der Waals surface area contributed by atoms with E-state index in [1.807, 2.05) is 23.8 Å². The first kappa shape index (κ1) is 15.9. The van der Waals surface area contributed by atoms with E-state index in [2.05, 4.69) is 25.4 Å². The number of hydrogen-bond acceptors (Lipinski definition) is 6. The minimum absolute atomic E-state index is 0.0142. The molecule has 0 fully saturated rings. The molecule has 0 aliphatic rings. The lowest BCUT2D eigenvalue weighted by Gasteiger charge is -2.13. The Morgan fingerprint density at radius 3 is 3.04 bits per heavy atom. The molecule has 1 atom stereocenters. The van der Waals surface area contributed by atoms with E-state index in [-0.39, 0.29) is 11.9 Å². The lowest BCUT2D eigenvalue weighted by molar-refractivity contribution is -0.121. The summed E-state index contributed by atoms with van der Waals surface area (Å²) in [5.74, 6) is 0.863. The van der Waals surface area contributed by atoms with Crippen molar-refractivity contribution in [2.45, 2.75) is 32.4 Å². The summed E-state index contributed by atoms with van der Waals surface area (Å²) in [5.41, 5.74) is 0.783. The van der Waals surface area contributed by atoms with Crippen LogP contribution < -0.4 is 5.32 Å². The van der Waals surface area contributed by atoms with Crippen LogP contribution in [0.4, 0.5) is 0 Å². The third-order valence-electron chi connectivity index (χ3n) is 3.41. The predicted octanol–water partition coefficient (Wildman–Crippen LogP) is 1.47. The number of imidazole rings is 1. The second-order valence-electron chi connectivity index (χ2n) is 5.48. The third kappa shape index (κ3) is 4.25. The Bertz CT molecular complexity index is 769. The van der Waals surface area contributed by atoms with Gasteiger partial charge in [0.15, 0.2) is 0 Å². The van der Waals surface area contributed by atoms with Gasteiger partial charge in [0.25, 0.3) is 0 Å². The van der Waals surface area contributed by atoms with E-state index in [4.69, 9.17) is 4.52 Å². The van der Waals surface area contributed by atoms with Crippen molar-refractivity contribution in [2.75, 3.05) is 0 Å². The second kappa shape index (κ2) is 7.49. The minimum Gasteiger partial charge on any atom is -0.352 e. The lowest BCUT2D eigenvalue weighted by Crippen LogP contribution is -2.35. The van der Waals surface area contributed by atoms with Crippen LogP contribution in [0.3, 0.4) is 0 Å². The molecule has 0 unspecified atom stereocenters. The van der Waals surface area contributed by atoms with Crippen molar-refractivity contribution in [3.05, 3.63) is 49.1 Å². The summed E-state index contributed by atoms with van der Waals surface area (Å²) in [6.07, 6.45) is 9.34. The van der Waals surface area contributed by atoms with Gasteiger partial charge < -0.3 is 14.4 Å². The number of nitrogens with one attached hydrogen (secondary N) is 1. The van der Waals surface area contributed by atoms with Crippen molar-refractivity contribution in [1.82, 2.24) is 30.0 Å². The van der Waals surface area contributed by atoms with Crippen molar-refractivity contribution < 1.29 is 9.32 Å². The molecule has 0 aliphatic carbocycles. The van der Waals surface area contributed by atoms with Gasteiger partial charge in [0.1, 0.15) is 0 Å². The summed E-state index contributed by atoms with van der Waals surface area (Å²) in [6.45, 7) is 2.63. The average molecular weight is 326 g/mol. The summed E-state index contributed by atoms with van der Waals surface area (Å²) < 4.78 is 7.10. The molecule has 0 saturated heterocycles. The molecule has 1 amide bonds. The van der Waals surface area contributed by atoms with E-state index in [1.54, 1.807) is 31.0 Å². The van der Waals surface area contributed by atoms with E-state index in [1.165, 1.54) is 0 Å². The van der Waals surface area contributed by atoms with Crippen molar-refractivity contribution in [1.29, 1.82) is 0 Å². The maximum absolute atomic E-state index is 12.0. The molecule has 0 aromatic carbocycles. The molecule has 1 N–H and O–H groups in total. The molecule has 3 aromatic rings. The first-order chi connectivity index (χ1) is 11.7. The highest BCUT2D eigenvalue weighted by Crippen LogP contribution is 2.14. The van der Waals surface area contributed by atoms with Crippen LogP contribution in [0.25, 0.3) is 11.4 Å². The van der Waals surface area contributed by atoms with Gasteiger partial charge in [0.05, 0.1) is 6.33 Å². The maximum atomic E-state index is 12.0. The molecular weight excluding hydrogens is 308 g/mol. The number of aromatic nitrogens is 5. The van der Waals surface area contributed by atoms with Gasteiger partial charge in [-0.1, -0.05) is 5.16 Å². The van der Waals surface area contributed by atoms with Crippen LogP contribution in [0, 0.1) is 0 Å². The molecule has 24 heavy (non-hydrogen) atoms. The molecule has 8 heteroatoms. The van der Waals surface area contributed by atoms with Crippen molar-refractivity contribution in [3.8, 4) is 11.4 Å². The Kier molecular flexibility index (Phi) is 4.95. The highest BCUT2D eigenvalue weighted by Gasteiger charge is 2.12. The monoisotopic (exact) mass is 326 g/mol.